The number of carbonyl (C=O) groups excluding carboxylic acids is 2. The molecule has 0 saturated carbocycles. The van der Waals surface area contributed by atoms with Gasteiger partial charge in [-0.15, -0.1) is 11.3 Å². The van der Waals surface area contributed by atoms with Crippen LogP contribution in [0.15, 0.2) is 41.8 Å². The molecule has 6 heteroatoms. The summed E-state index contributed by atoms with van der Waals surface area (Å²) in [7, 11) is 0. The highest BCUT2D eigenvalue weighted by Crippen LogP contribution is 2.10. The molecule has 22 heavy (non-hydrogen) atoms. The molecular weight excluding hydrogens is 300 g/mol. The lowest BCUT2D eigenvalue weighted by atomic mass is 10.2. The SMILES string of the molecule is Cc1ccc(OCCNC(=O)CNC(=O)c2cccs2)cc1. The molecule has 1 aromatic carbocycles. The molecule has 0 aliphatic rings. The molecule has 0 aliphatic carbocycles. The number of carbonyl (C=O) groups is 2. The highest BCUT2D eigenvalue weighted by molar-refractivity contribution is 7.12. The van der Waals surface area contributed by atoms with Crippen molar-refractivity contribution >= 4 is 23.2 Å². The normalized spacial score (nSPS) is 10.0. The summed E-state index contributed by atoms with van der Waals surface area (Å²) in [5, 5.41) is 7.07. The van der Waals surface area contributed by atoms with Crippen molar-refractivity contribution in [3.05, 3.63) is 52.2 Å². The van der Waals surface area contributed by atoms with Gasteiger partial charge in [0, 0.05) is 0 Å². The van der Waals surface area contributed by atoms with Crippen LogP contribution in [0, 0.1) is 6.92 Å². The van der Waals surface area contributed by atoms with Crippen molar-refractivity contribution < 1.29 is 14.3 Å². The van der Waals surface area contributed by atoms with Crippen molar-refractivity contribution in [1.82, 2.24) is 10.6 Å². The lowest BCUT2D eigenvalue weighted by Crippen LogP contribution is -2.38. The topological polar surface area (TPSA) is 67.4 Å². The largest absolute Gasteiger partial charge is 0.492 e. The molecule has 1 aromatic heterocycles. The highest BCUT2D eigenvalue weighted by atomic mass is 32.1. The molecule has 1 heterocycles. The monoisotopic (exact) mass is 318 g/mol. The van der Waals surface area contributed by atoms with Gasteiger partial charge in [-0.25, -0.2) is 0 Å². The summed E-state index contributed by atoms with van der Waals surface area (Å²) < 4.78 is 5.50. The summed E-state index contributed by atoms with van der Waals surface area (Å²) in [6.45, 7) is 2.74. The van der Waals surface area contributed by atoms with Crippen LogP contribution in [-0.4, -0.2) is 31.5 Å². The van der Waals surface area contributed by atoms with Crippen molar-refractivity contribution in [2.75, 3.05) is 19.7 Å². The average Bonchev–Trinajstić information content (AvgIpc) is 3.05. The predicted molar refractivity (Wildman–Crippen MR) is 86.3 cm³/mol. The van der Waals surface area contributed by atoms with Crippen molar-refractivity contribution in [3.8, 4) is 5.75 Å². The zero-order valence-corrected chi connectivity index (χ0v) is 13.1. The van der Waals surface area contributed by atoms with Crippen LogP contribution in [0.2, 0.25) is 0 Å². The second kappa shape index (κ2) is 8.19. The Morgan fingerprint density at radius 3 is 2.59 bits per heavy atom. The second-order valence-corrected chi connectivity index (χ2v) is 5.62. The number of ether oxygens (including phenoxy) is 1. The van der Waals surface area contributed by atoms with Gasteiger partial charge in [-0.2, -0.15) is 0 Å². The van der Waals surface area contributed by atoms with Crippen LogP contribution < -0.4 is 15.4 Å². The van der Waals surface area contributed by atoms with Gasteiger partial charge in [-0.1, -0.05) is 23.8 Å². The molecule has 0 bridgehead atoms. The lowest BCUT2D eigenvalue weighted by Gasteiger charge is -2.08. The van der Waals surface area contributed by atoms with E-state index in [9.17, 15) is 9.59 Å². The molecule has 0 radical (unpaired) electrons. The van der Waals surface area contributed by atoms with Gasteiger partial charge in [0.25, 0.3) is 5.91 Å². The van der Waals surface area contributed by atoms with Crippen LogP contribution in [0.5, 0.6) is 5.75 Å². The number of hydrogen-bond acceptors (Lipinski definition) is 4. The maximum Gasteiger partial charge on any atom is 0.261 e. The van der Waals surface area contributed by atoms with E-state index in [1.54, 1.807) is 12.1 Å². The highest BCUT2D eigenvalue weighted by Gasteiger charge is 2.08. The Balaban J connectivity index is 1.59. The van der Waals surface area contributed by atoms with Crippen LogP contribution in [-0.2, 0) is 4.79 Å². The van der Waals surface area contributed by atoms with Gasteiger partial charge in [0.2, 0.25) is 5.91 Å². The first kappa shape index (κ1) is 16.0. The van der Waals surface area contributed by atoms with E-state index in [2.05, 4.69) is 10.6 Å². The molecule has 2 rings (SSSR count). The fourth-order valence-corrected chi connectivity index (χ4v) is 2.35. The maximum absolute atomic E-state index is 11.6. The molecule has 2 aromatic rings. The third kappa shape index (κ3) is 5.21. The fourth-order valence-electron chi connectivity index (χ4n) is 1.71. The standard InChI is InChI=1S/C16H18N2O3S/c1-12-4-6-13(7-5-12)21-9-8-17-15(19)11-18-16(20)14-3-2-10-22-14/h2-7,10H,8-9,11H2,1H3,(H,17,19)(H,18,20). The third-order valence-corrected chi connectivity index (χ3v) is 3.74. The Bertz CT molecular complexity index is 609. The Hall–Kier alpha value is -2.34. The quantitative estimate of drug-likeness (QED) is 0.767. The third-order valence-electron chi connectivity index (χ3n) is 2.87. The van der Waals surface area contributed by atoms with E-state index in [1.165, 1.54) is 16.9 Å². The summed E-state index contributed by atoms with van der Waals surface area (Å²) in [6.07, 6.45) is 0. The van der Waals surface area contributed by atoms with Crippen LogP contribution in [0.25, 0.3) is 0 Å². The van der Waals surface area contributed by atoms with Gasteiger partial charge in [0.1, 0.15) is 12.4 Å². The molecule has 0 saturated heterocycles. The summed E-state index contributed by atoms with van der Waals surface area (Å²) in [5.41, 5.74) is 1.17. The maximum atomic E-state index is 11.6. The van der Waals surface area contributed by atoms with Gasteiger partial charge in [-0.05, 0) is 30.5 Å². The summed E-state index contributed by atoms with van der Waals surface area (Å²) >= 11 is 1.34. The zero-order chi connectivity index (χ0) is 15.8. The van der Waals surface area contributed by atoms with E-state index >= 15 is 0 Å². The zero-order valence-electron chi connectivity index (χ0n) is 12.3. The molecule has 116 valence electrons. The molecular formula is C16H18N2O3S. The van der Waals surface area contributed by atoms with Crippen LogP contribution in [0.3, 0.4) is 0 Å². The molecule has 0 spiro atoms. The molecule has 0 aliphatic heterocycles. The number of nitrogens with one attached hydrogen (secondary N) is 2. The van der Waals surface area contributed by atoms with Gasteiger partial charge in [-0.3, -0.25) is 9.59 Å². The van der Waals surface area contributed by atoms with Gasteiger partial charge in [0.05, 0.1) is 18.0 Å². The van der Waals surface area contributed by atoms with E-state index in [0.29, 0.717) is 18.0 Å². The van der Waals surface area contributed by atoms with Crippen LogP contribution in [0.4, 0.5) is 0 Å². The lowest BCUT2D eigenvalue weighted by molar-refractivity contribution is -0.120. The van der Waals surface area contributed by atoms with E-state index in [-0.39, 0.29) is 18.4 Å². The second-order valence-electron chi connectivity index (χ2n) is 4.67. The minimum Gasteiger partial charge on any atom is -0.492 e. The molecule has 5 nitrogen and oxygen atoms in total. The van der Waals surface area contributed by atoms with E-state index in [0.717, 1.165) is 5.75 Å². The first-order valence-electron chi connectivity index (χ1n) is 6.93. The fraction of sp³-hybridized carbons (Fsp3) is 0.250. The average molecular weight is 318 g/mol. The van der Waals surface area contributed by atoms with Crippen molar-refractivity contribution in [3.63, 3.8) is 0 Å². The molecule has 2 amide bonds. The first-order valence-corrected chi connectivity index (χ1v) is 7.81. The molecule has 0 atom stereocenters. The van der Waals surface area contributed by atoms with Crippen molar-refractivity contribution in [1.29, 1.82) is 0 Å². The van der Waals surface area contributed by atoms with Gasteiger partial charge >= 0.3 is 0 Å². The minimum atomic E-state index is -0.239. The Kier molecular flexibility index (Phi) is 5.97. The number of thiophene rings is 1. The number of hydrogen-bond donors (Lipinski definition) is 2. The van der Waals surface area contributed by atoms with Gasteiger partial charge < -0.3 is 15.4 Å². The summed E-state index contributed by atoms with van der Waals surface area (Å²) in [4.78, 5) is 23.8. The Labute approximate surface area is 133 Å². The van der Waals surface area contributed by atoms with E-state index in [1.807, 2.05) is 36.6 Å². The molecule has 0 unspecified atom stereocenters. The van der Waals surface area contributed by atoms with Crippen molar-refractivity contribution in [2.45, 2.75) is 6.92 Å². The number of aryl methyl sites for hydroxylation is 1. The number of benzene rings is 1. The number of amides is 2. The summed E-state index contributed by atoms with van der Waals surface area (Å²) in [5.74, 6) is 0.296. The van der Waals surface area contributed by atoms with E-state index in [4.69, 9.17) is 4.74 Å². The van der Waals surface area contributed by atoms with Crippen LogP contribution >= 0.6 is 11.3 Å². The molecule has 2 N–H and O–H groups in total. The number of rotatable bonds is 7. The first-order chi connectivity index (χ1) is 10.6. The van der Waals surface area contributed by atoms with E-state index < -0.39 is 0 Å². The minimum absolute atomic E-state index is 0.0404. The van der Waals surface area contributed by atoms with Crippen LogP contribution in [0.1, 0.15) is 15.2 Å². The Morgan fingerprint density at radius 2 is 1.91 bits per heavy atom. The smallest absolute Gasteiger partial charge is 0.261 e. The Morgan fingerprint density at radius 1 is 1.14 bits per heavy atom. The molecule has 0 fully saturated rings. The predicted octanol–water partition coefficient (Wildman–Crippen LogP) is 1.98. The summed E-state index contributed by atoms with van der Waals surface area (Å²) in [6, 6.07) is 11.2. The van der Waals surface area contributed by atoms with Gasteiger partial charge in [0.15, 0.2) is 0 Å². The van der Waals surface area contributed by atoms with Crippen molar-refractivity contribution in [2.24, 2.45) is 0 Å².